The summed E-state index contributed by atoms with van der Waals surface area (Å²) >= 11 is 0. The van der Waals surface area contributed by atoms with Crippen LogP contribution in [-0.2, 0) is 19.1 Å². The van der Waals surface area contributed by atoms with Gasteiger partial charge < -0.3 is 14.5 Å². The van der Waals surface area contributed by atoms with Crippen LogP contribution in [0.5, 0.6) is 0 Å². The van der Waals surface area contributed by atoms with Crippen molar-refractivity contribution in [1.82, 2.24) is 20.2 Å². The van der Waals surface area contributed by atoms with E-state index in [2.05, 4.69) is 5.32 Å². The highest BCUT2D eigenvalue weighted by Crippen LogP contribution is 2.32. The molecule has 2 aliphatic heterocycles. The summed E-state index contributed by atoms with van der Waals surface area (Å²) in [5, 5.41) is 12.6. The first-order valence-corrected chi connectivity index (χ1v) is 10.9. The second-order valence-corrected chi connectivity index (χ2v) is 8.39. The lowest BCUT2D eigenvalue weighted by Crippen LogP contribution is -2.54. The highest BCUT2D eigenvalue weighted by atomic mass is 16.5. The maximum absolute atomic E-state index is 13.3. The molecule has 0 unspecified atom stereocenters. The second-order valence-electron chi connectivity index (χ2n) is 8.39. The van der Waals surface area contributed by atoms with Gasteiger partial charge in [-0.2, -0.15) is 0 Å². The quantitative estimate of drug-likeness (QED) is 0.351. The molecule has 0 aromatic heterocycles. The van der Waals surface area contributed by atoms with E-state index in [1.165, 1.54) is 9.80 Å². The van der Waals surface area contributed by atoms with Crippen LogP contribution in [0.25, 0.3) is 0 Å². The molecule has 2 saturated heterocycles. The SMILES string of the molecule is O=CN(O)C[C@@H](CC1CCCC1)C(=O)N1CCC[C@H]1C(=O)NC(=O)N1CCOCC1. The average molecular weight is 424 g/mol. The van der Waals surface area contributed by atoms with Gasteiger partial charge >= 0.3 is 6.03 Å². The Hall–Kier alpha value is -2.20. The molecule has 30 heavy (non-hydrogen) atoms. The molecule has 0 aromatic carbocycles. The summed E-state index contributed by atoms with van der Waals surface area (Å²) in [4.78, 5) is 52.3. The van der Waals surface area contributed by atoms with Gasteiger partial charge in [0.2, 0.25) is 12.3 Å². The summed E-state index contributed by atoms with van der Waals surface area (Å²) in [7, 11) is 0. The van der Waals surface area contributed by atoms with E-state index in [9.17, 15) is 24.4 Å². The van der Waals surface area contributed by atoms with Crippen molar-refractivity contribution in [2.75, 3.05) is 39.4 Å². The third kappa shape index (κ3) is 5.69. The lowest BCUT2D eigenvalue weighted by Gasteiger charge is -2.31. The number of likely N-dealkylation sites (tertiary alicyclic amines) is 1. The summed E-state index contributed by atoms with van der Waals surface area (Å²) in [6, 6.07) is -1.18. The topological polar surface area (TPSA) is 119 Å². The molecule has 0 spiro atoms. The van der Waals surface area contributed by atoms with Gasteiger partial charge in [0, 0.05) is 19.6 Å². The minimum absolute atomic E-state index is 0.0869. The maximum atomic E-state index is 13.3. The van der Waals surface area contributed by atoms with Gasteiger partial charge in [-0.3, -0.25) is 24.9 Å². The summed E-state index contributed by atoms with van der Waals surface area (Å²) in [6.07, 6.45) is 6.36. The number of hydroxylamine groups is 2. The Kier molecular flexibility index (Phi) is 8.03. The molecule has 0 aromatic rings. The Morgan fingerprint density at radius 3 is 2.47 bits per heavy atom. The lowest BCUT2D eigenvalue weighted by atomic mass is 9.91. The molecule has 1 aliphatic carbocycles. The number of amides is 5. The first-order valence-electron chi connectivity index (χ1n) is 10.9. The molecule has 0 bridgehead atoms. The molecule has 2 atom stereocenters. The highest BCUT2D eigenvalue weighted by Gasteiger charge is 2.39. The van der Waals surface area contributed by atoms with Crippen molar-refractivity contribution in [2.24, 2.45) is 11.8 Å². The lowest BCUT2D eigenvalue weighted by molar-refractivity contribution is -0.158. The Labute approximate surface area is 176 Å². The predicted octanol–water partition coefficient (Wildman–Crippen LogP) is 0.590. The largest absolute Gasteiger partial charge is 0.378 e. The molecule has 2 heterocycles. The average Bonchev–Trinajstić information content (AvgIpc) is 3.45. The van der Waals surface area contributed by atoms with Crippen molar-refractivity contribution in [3.8, 4) is 0 Å². The first-order chi connectivity index (χ1) is 14.5. The van der Waals surface area contributed by atoms with Crippen LogP contribution in [0, 0.1) is 11.8 Å². The Bertz CT molecular complexity index is 633. The predicted molar refractivity (Wildman–Crippen MR) is 105 cm³/mol. The van der Waals surface area contributed by atoms with Crippen LogP contribution >= 0.6 is 0 Å². The number of urea groups is 1. The molecule has 10 nitrogen and oxygen atoms in total. The number of ether oxygens (including phenoxy) is 1. The number of carbonyl (C=O) groups is 4. The molecular formula is C20H32N4O6. The van der Waals surface area contributed by atoms with Gasteiger partial charge in [-0.05, 0) is 25.2 Å². The summed E-state index contributed by atoms with van der Waals surface area (Å²) in [6.45, 7) is 2.06. The van der Waals surface area contributed by atoms with Crippen LogP contribution in [0.2, 0.25) is 0 Å². The van der Waals surface area contributed by atoms with Gasteiger partial charge in [0.05, 0.1) is 25.7 Å². The number of rotatable bonds is 7. The number of carbonyl (C=O) groups excluding carboxylic acids is 4. The zero-order valence-electron chi connectivity index (χ0n) is 17.3. The van der Waals surface area contributed by atoms with Crippen molar-refractivity contribution in [2.45, 2.75) is 51.0 Å². The van der Waals surface area contributed by atoms with Gasteiger partial charge in [-0.25, -0.2) is 9.86 Å². The molecule has 3 aliphatic rings. The maximum Gasteiger partial charge on any atom is 0.324 e. The smallest absolute Gasteiger partial charge is 0.324 e. The molecule has 1 saturated carbocycles. The van der Waals surface area contributed by atoms with E-state index < -0.39 is 23.9 Å². The Balaban J connectivity index is 1.63. The fourth-order valence-electron chi connectivity index (χ4n) is 4.74. The van der Waals surface area contributed by atoms with E-state index in [-0.39, 0.29) is 12.5 Å². The van der Waals surface area contributed by atoms with Gasteiger partial charge in [0.1, 0.15) is 6.04 Å². The summed E-state index contributed by atoms with van der Waals surface area (Å²) < 4.78 is 5.22. The van der Waals surface area contributed by atoms with Gasteiger partial charge in [0.15, 0.2) is 0 Å². The number of nitrogens with zero attached hydrogens (tertiary/aromatic N) is 3. The van der Waals surface area contributed by atoms with Crippen LogP contribution in [0.15, 0.2) is 0 Å². The van der Waals surface area contributed by atoms with E-state index in [4.69, 9.17) is 4.74 Å². The van der Waals surface area contributed by atoms with E-state index in [1.807, 2.05) is 0 Å². The zero-order valence-corrected chi connectivity index (χ0v) is 17.3. The molecule has 3 rings (SSSR count). The highest BCUT2D eigenvalue weighted by molar-refractivity contribution is 5.99. The Morgan fingerprint density at radius 1 is 1.10 bits per heavy atom. The zero-order chi connectivity index (χ0) is 21.5. The van der Waals surface area contributed by atoms with Crippen molar-refractivity contribution < 1.29 is 29.1 Å². The number of nitrogens with one attached hydrogen (secondary N) is 1. The van der Waals surface area contributed by atoms with Crippen LogP contribution in [0.1, 0.15) is 44.9 Å². The number of imide groups is 1. The third-order valence-electron chi connectivity index (χ3n) is 6.34. The fraction of sp³-hybridized carbons (Fsp3) is 0.800. The van der Waals surface area contributed by atoms with Crippen LogP contribution in [-0.4, -0.2) is 89.8 Å². The standard InChI is InChI=1S/C20H32N4O6/c25-14-23(29)13-16(12-15-4-1-2-5-15)19(27)24-7-3-6-17(24)18(26)21-20(28)22-8-10-30-11-9-22/h14-17,29H,1-13H2,(H,21,26,28)/t16-,17+/m1/s1. The van der Waals surface area contributed by atoms with E-state index in [0.717, 1.165) is 25.7 Å². The van der Waals surface area contributed by atoms with Crippen molar-refractivity contribution in [3.63, 3.8) is 0 Å². The Morgan fingerprint density at radius 2 is 1.80 bits per heavy atom. The monoisotopic (exact) mass is 424 g/mol. The van der Waals surface area contributed by atoms with E-state index in [0.29, 0.717) is 69.5 Å². The van der Waals surface area contributed by atoms with E-state index in [1.54, 1.807) is 0 Å². The van der Waals surface area contributed by atoms with E-state index >= 15 is 0 Å². The second kappa shape index (κ2) is 10.7. The fourth-order valence-corrected chi connectivity index (χ4v) is 4.74. The summed E-state index contributed by atoms with van der Waals surface area (Å²) in [5.74, 6) is -0.893. The molecule has 5 amide bonds. The third-order valence-corrected chi connectivity index (χ3v) is 6.34. The molecular weight excluding hydrogens is 392 g/mol. The number of hydrogen-bond acceptors (Lipinski definition) is 6. The summed E-state index contributed by atoms with van der Waals surface area (Å²) in [5.41, 5.74) is 0. The molecule has 10 heteroatoms. The normalized spacial score (nSPS) is 23.3. The molecule has 3 fully saturated rings. The minimum Gasteiger partial charge on any atom is -0.378 e. The molecule has 0 radical (unpaired) electrons. The van der Waals surface area contributed by atoms with Crippen LogP contribution in [0.3, 0.4) is 0 Å². The van der Waals surface area contributed by atoms with Crippen molar-refractivity contribution in [3.05, 3.63) is 0 Å². The van der Waals surface area contributed by atoms with Crippen molar-refractivity contribution >= 4 is 24.3 Å². The first kappa shape index (κ1) is 22.5. The molecule has 2 N–H and O–H groups in total. The number of morpholine rings is 1. The number of hydrogen-bond donors (Lipinski definition) is 2. The van der Waals surface area contributed by atoms with Gasteiger partial charge in [-0.15, -0.1) is 0 Å². The molecule has 168 valence electrons. The van der Waals surface area contributed by atoms with Crippen LogP contribution in [0.4, 0.5) is 4.79 Å². The van der Waals surface area contributed by atoms with Gasteiger partial charge in [0.25, 0.3) is 5.91 Å². The van der Waals surface area contributed by atoms with Crippen molar-refractivity contribution in [1.29, 1.82) is 0 Å². The van der Waals surface area contributed by atoms with Gasteiger partial charge in [-0.1, -0.05) is 25.7 Å². The van der Waals surface area contributed by atoms with Crippen LogP contribution < -0.4 is 5.32 Å². The minimum atomic E-state index is -0.711.